The molecule has 94 valence electrons. The molecular formula is C14H27NO. The molecule has 16 heavy (non-hydrogen) atoms. The summed E-state index contributed by atoms with van der Waals surface area (Å²) in [5.41, 5.74) is 0.517. The third kappa shape index (κ3) is 2.98. The number of hydrogen-bond donors (Lipinski definition) is 2. The van der Waals surface area contributed by atoms with Crippen LogP contribution >= 0.6 is 0 Å². The first kappa shape index (κ1) is 12.4. The second-order valence-electron chi connectivity index (χ2n) is 6.60. The molecule has 2 aliphatic carbocycles. The average Bonchev–Trinajstić information content (AvgIpc) is 2.63. The SMILES string of the molecule is CC1(C)CCCC(NC2CCCC2CO)C1. The lowest BCUT2D eigenvalue weighted by molar-refractivity contribution is 0.160. The molecule has 0 radical (unpaired) electrons. The first-order valence-electron chi connectivity index (χ1n) is 6.98. The molecule has 2 fully saturated rings. The molecule has 2 heteroatoms. The van der Waals surface area contributed by atoms with Crippen LogP contribution in [-0.4, -0.2) is 23.8 Å². The van der Waals surface area contributed by atoms with Crippen LogP contribution in [-0.2, 0) is 0 Å². The molecule has 2 nitrogen and oxygen atoms in total. The van der Waals surface area contributed by atoms with E-state index in [0.717, 1.165) is 0 Å². The van der Waals surface area contributed by atoms with E-state index in [4.69, 9.17) is 0 Å². The number of rotatable bonds is 3. The highest BCUT2D eigenvalue weighted by molar-refractivity contribution is 4.89. The van der Waals surface area contributed by atoms with Crippen molar-refractivity contribution in [3.8, 4) is 0 Å². The average molecular weight is 225 g/mol. The largest absolute Gasteiger partial charge is 0.396 e. The van der Waals surface area contributed by atoms with Gasteiger partial charge in [-0.3, -0.25) is 0 Å². The molecule has 2 aliphatic rings. The van der Waals surface area contributed by atoms with Gasteiger partial charge in [0.05, 0.1) is 0 Å². The Kier molecular flexibility index (Phi) is 3.91. The van der Waals surface area contributed by atoms with Gasteiger partial charge >= 0.3 is 0 Å². The third-order valence-corrected chi connectivity index (χ3v) is 4.55. The zero-order chi connectivity index (χ0) is 11.6. The third-order valence-electron chi connectivity index (χ3n) is 4.55. The molecule has 0 aromatic rings. The maximum atomic E-state index is 9.33. The second-order valence-corrected chi connectivity index (χ2v) is 6.60. The molecule has 3 unspecified atom stereocenters. The van der Waals surface area contributed by atoms with E-state index >= 15 is 0 Å². The van der Waals surface area contributed by atoms with Crippen molar-refractivity contribution in [2.75, 3.05) is 6.61 Å². The Hall–Kier alpha value is -0.0800. The van der Waals surface area contributed by atoms with Gasteiger partial charge in [-0.15, -0.1) is 0 Å². The van der Waals surface area contributed by atoms with Crippen LogP contribution in [0.2, 0.25) is 0 Å². The van der Waals surface area contributed by atoms with Gasteiger partial charge in [0.2, 0.25) is 0 Å². The van der Waals surface area contributed by atoms with Gasteiger partial charge in [0.1, 0.15) is 0 Å². The highest BCUT2D eigenvalue weighted by Gasteiger charge is 2.32. The lowest BCUT2D eigenvalue weighted by Gasteiger charge is -2.37. The summed E-state index contributed by atoms with van der Waals surface area (Å²) >= 11 is 0. The molecule has 0 aromatic heterocycles. The first-order valence-corrected chi connectivity index (χ1v) is 6.98. The molecule has 2 saturated carbocycles. The standard InChI is InChI=1S/C14H27NO/c1-14(2)8-4-6-12(9-14)15-13-7-3-5-11(13)10-16/h11-13,15-16H,3-10H2,1-2H3. The summed E-state index contributed by atoms with van der Waals surface area (Å²) in [6.07, 6.45) is 9.14. The fourth-order valence-corrected chi connectivity index (χ4v) is 3.62. The predicted molar refractivity (Wildman–Crippen MR) is 67.4 cm³/mol. The van der Waals surface area contributed by atoms with Crippen LogP contribution in [0.3, 0.4) is 0 Å². The summed E-state index contributed by atoms with van der Waals surface area (Å²) in [6.45, 7) is 5.14. The van der Waals surface area contributed by atoms with E-state index in [9.17, 15) is 5.11 Å². The van der Waals surface area contributed by atoms with E-state index in [1.54, 1.807) is 0 Å². The van der Waals surface area contributed by atoms with Crippen molar-refractivity contribution in [3.63, 3.8) is 0 Å². The summed E-state index contributed by atoms with van der Waals surface area (Å²) in [7, 11) is 0. The molecule has 0 aliphatic heterocycles. The molecule has 2 rings (SSSR count). The lowest BCUT2D eigenvalue weighted by atomic mass is 9.75. The topological polar surface area (TPSA) is 32.3 Å². The van der Waals surface area contributed by atoms with Gasteiger partial charge in [-0.2, -0.15) is 0 Å². The summed E-state index contributed by atoms with van der Waals surface area (Å²) in [5.74, 6) is 0.519. The van der Waals surface area contributed by atoms with Gasteiger partial charge in [-0.1, -0.05) is 26.7 Å². The van der Waals surface area contributed by atoms with Crippen molar-refractivity contribution in [3.05, 3.63) is 0 Å². The number of aliphatic hydroxyl groups is 1. The van der Waals surface area contributed by atoms with Crippen molar-refractivity contribution < 1.29 is 5.11 Å². The van der Waals surface area contributed by atoms with Gasteiger partial charge in [0.25, 0.3) is 0 Å². The Morgan fingerprint density at radius 2 is 2.00 bits per heavy atom. The summed E-state index contributed by atoms with van der Waals surface area (Å²) in [4.78, 5) is 0. The quantitative estimate of drug-likeness (QED) is 0.774. The number of aliphatic hydroxyl groups excluding tert-OH is 1. The Bertz CT molecular complexity index is 227. The van der Waals surface area contributed by atoms with Crippen LogP contribution in [0.4, 0.5) is 0 Å². The number of hydrogen-bond acceptors (Lipinski definition) is 2. The minimum atomic E-state index is 0.369. The van der Waals surface area contributed by atoms with Crippen LogP contribution in [0.15, 0.2) is 0 Å². The van der Waals surface area contributed by atoms with Gasteiger partial charge in [0, 0.05) is 18.7 Å². The van der Waals surface area contributed by atoms with Crippen molar-refractivity contribution in [1.29, 1.82) is 0 Å². The van der Waals surface area contributed by atoms with Gasteiger partial charge in [0.15, 0.2) is 0 Å². The number of nitrogens with one attached hydrogen (secondary N) is 1. The molecular weight excluding hydrogens is 198 g/mol. The van der Waals surface area contributed by atoms with Crippen LogP contribution in [0.25, 0.3) is 0 Å². The fourth-order valence-electron chi connectivity index (χ4n) is 3.62. The van der Waals surface area contributed by atoms with E-state index in [0.29, 0.717) is 30.0 Å². The summed E-state index contributed by atoms with van der Waals surface area (Å²) in [6, 6.07) is 1.28. The minimum absolute atomic E-state index is 0.369. The molecule has 0 amide bonds. The predicted octanol–water partition coefficient (Wildman–Crippen LogP) is 2.71. The molecule has 3 atom stereocenters. The maximum Gasteiger partial charge on any atom is 0.0474 e. The van der Waals surface area contributed by atoms with E-state index in [1.807, 2.05) is 0 Å². The monoisotopic (exact) mass is 225 g/mol. The van der Waals surface area contributed by atoms with Crippen molar-refractivity contribution >= 4 is 0 Å². The van der Waals surface area contributed by atoms with Gasteiger partial charge < -0.3 is 10.4 Å². The van der Waals surface area contributed by atoms with Crippen LogP contribution in [0, 0.1) is 11.3 Å². The minimum Gasteiger partial charge on any atom is -0.396 e. The molecule has 0 saturated heterocycles. The summed E-state index contributed by atoms with van der Waals surface area (Å²) in [5, 5.41) is 13.1. The zero-order valence-electron chi connectivity index (χ0n) is 10.8. The van der Waals surface area contributed by atoms with E-state index < -0.39 is 0 Å². The molecule has 0 aromatic carbocycles. The maximum absolute atomic E-state index is 9.33. The smallest absolute Gasteiger partial charge is 0.0474 e. The fraction of sp³-hybridized carbons (Fsp3) is 1.00. The molecule has 0 spiro atoms. The van der Waals surface area contributed by atoms with Crippen LogP contribution in [0.1, 0.15) is 58.8 Å². The van der Waals surface area contributed by atoms with Crippen molar-refractivity contribution in [2.45, 2.75) is 70.9 Å². The Labute approximate surface area is 99.8 Å². The normalized spacial score (nSPS) is 38.8. The molecule has 2 N–H and O–H groups in total. The summed E-state index contributed by atoms with van der Waals surface area (Å²) < 4.78 is 0. The highest BCUT2D eigenvalue weighted by atomic mass is 16.3. The van der Waals surface area contributed by atoms with E-state index in [1.165, 1.54) is 44.9 Å². The Balaban J connectivity index is 1.84. The van der Waals surface area contributed by atoms with Crippen molar-refractivity contribution in [2.24, 2.45) is 11.3 Å². The van der Waals surface area contributed by atoms with Gasteiger partial charge in [-0.05, 0) is 43.4 Å². The van der Waals surface area contributed by atoms with Crippen LogP contribution in [0.5, 0.6) is 0 Å². The Morgan fingerprint density at radius 3 is 2.69 bits per heavy atom. The van der Waals surface area contributed by atoms with Crippen molar-refractivity contribution in [1.82, 2.24) is 5.32 Å². The first-order chi connectivity index (χ1) is 7.61. The molecule has 0 heterocycles. The van der Waals surface area contributed by atoms with E-state index in [-0.39, 0.29) is 0 Å². The van der Waals surface area contributed by atoms with Crippen LogP contribution < -0.4 is 5.32 Å². The Morgan fingerprint density at radius 1 is 1.19 bits per heavy atom. The second kappa shape index (κ2) is 5.05. The zero-order valence-corrected chi connectivity index (χ0v) is 10.8. The molecule has 0 bridgehead atoms. The van der Waals surface area contributed by atoms with E-state index in [2.05, 4.69) is 19.2 Å². The lowest BCUT2D eigenvalue weighted by Crippen LogP contribution is -2.45. The van der Waals surface area contributed by atoms with Gasteiger partial charge in [-0.25, -0.2) is 0 Å². The highest BCUT2D eigenvalue weighted by Crippen LogP contribution is 2.36.